The summed E-state index contributed by atoms with van der Waals surface area (Å²) in [5.74, 6) is 13.6. The zero-order valence-electron chi connectivity index (χ0n) is 13.0. The van der Waals surface area contributed by atoms with E-state index in [9.17, 15) is 0 Å². The highest BCUT2D eigenvalue weighted by atomic mass is 15.0. The second kappa shape index (κ2) is 9.65. The Morgan fingerprint density at radius 2 is 1.70 bits per heavy atom. The van der Waals surface area contributed by atoms with Crippen LogP contribution < -0.4 is 10.6 Å². The van der Waals surface area contributed by atoms with E-state index in [0.29, 0.717) is 6.54 Å². The molecular formula is C19H18N4. The fourth-order valence-electron chi connectivity index (χ4n) is 1.67. The van der Waals surface area contributed by atoms with Crippen LogP contribution in [0.2, 0.25) is 0 Å². The van der Waals surface area contributed by atoms with E-state index in [1.165, 1.54) is 0 Å². The van der Waals surface area contributed by atoms with Crippen molar-refractivity contribution in [2.75, 3.05) is 17.2 Å². The van der Waals surface area contributed by atoms with Crippen LogP contribution in [-0.4, -0.2) is 22.6 Å². The van der Waals surface area contributed by atoms with E-state index in [1.54, 1.807) is 24.5 Å². The van der Waals surface area contributed by atoms with Gasteiger partial charge in [0.15, 0.2) is 0 Å². The van der Waals surface area contributed by atoms with Crippen molar-refractivity contribution in [1.82, 2.24) is 9.97 Å². The van der Waals surface area contributed by atoms with E-state index in [2.05, 4.69) is 44.3 Å². The van der Waals surface area contributed by atoms with Crippen molar-refractivity contribution in [2.24, 2.45) is 0 Å². The van der Waals surface area contributed by atoms with Gasteiger partial charge in [-0.25, -0.2) is 9.97 Å². The summed E-state index contributed by atoms with van der Waals surface area (Å²) >= 11 is 0. The van der Waals surface area contributed by atoms with Crippen molar-refractivity contribution >= 4 is 11.6 Å². The summed E-state index contributed by atoms with van der Waals surface area (Å²) in [4.78, 5) is 8.34. The Labute approximate surface area is 137 Å². The fraction of sp³-hybridized carbons (Fsp3) is 0.158. The minimum atomic E-state index is 0.0216. The molecule has 0 aromatic carbocycles. The number of hydrogen-bond acceptors (Lipinski definition) is 4. The summed E-state index contributed by atoms with van der Waals surface area (Å²) in [6.07, 6.45) is 6.97. The van der Waals surface area contributed by atoms with Crippen LogP contribution in [0.15, 0.2) is 60.9 Å². The van der Waals surface area contributed by atoms with Gasteiger partial charge in [0.05, 0.1) is 12.6 Å². The monoisotopic (exact) mass is 302 g/mol. The van der Waals surface area contributed by atoms with Crippen LogP contribution in [0.3, 0.4) is 0 Å². The Bertz CT molecular complexity index is 731. The molecule has 1 unspecified atom stereocenters. The summed E-state index contributed by atoms with van der Waals surface area (Å²) in [7, 11) is 0. The van der Waals surface area contributed by atoms with E-state index < -0.39 is 0 Å². The van der Waals surface area contributed by atoms with E-state index >= 15 is 0 Å². The molecule has 2 N–H and O–H groups in total. The topological polar surface area (TPSA) is 49.8 Å². The van der Waals surface area contributed by atoms with E-state index in [1.807, 2.05) is 43.3 Å². The van der Waals surface area contributed by atoms with Gasteiger partial charge in [-0.05, 0) is 43.3 Å². The third-order valence-corrected chi connectivity index (χ3v) is 2.70. The van der Waals surface area contributed by atoms with Crippen LogP contribution in [0.5, 0.6) is 0 Å². The van der Waals surface area contributed by atoms with Crippen LogP contribution >= 0.6 is 0 Å². The van der Waals surface area contributed by atoms with Gasteiger partial charge in [-0.2, -0.15) is 0 Å². The Balaban J connectivity index is 1.70. The number of hydrogen-bond donors (Lipinski definition) is 2. The van der Waals surface area contributed by atoms with E-state index in [0.717, 1.165) is 11.6 Å². The van der Waals surface area contributed by atoms with E-state index in [4.69, 9.17) is 0 Å². The van der Waals surface area contributed by atoms with Crippen molar-refractivity contribution in [2.45, 2.75) is 13.0 Å². The molecule has 23 heavy (non-hydrogen) atoms. The Morgan fingerprint density at radius 1 is 1.00 bits per heavy atom. The maximum atomic E-state index is 4.19. The summed E-state index contributed by atoms with van der Waals surface area (Å²) in [5, 5.41) is 6.31. The van der Waals surface area contributed by atoms with Crippen molar-refractivity contribution in [3.05, 3.63) is 60.9 Å². The molecule has 0 bridgehead atoms. The highest BCUT2D eigenvalue weighted by Gasteiger charge is 1.95. The lowest BCUT2D eigenvalue weighted by Crippen LogP contribution is -2.13. The minimum absolute atomic E-state index is 0.0216. The molecule has 0 fully saturated rings. The van der Waals surface area contributed by atoms with Gasteiger partial charge in [0.2, 0.25) is 0 Å². The van der Waals surface area contributed by atoms with Crippen LogP contribution in [0.25, 0.3) is 0 Å². The maximum absolute atomic E-state index is 4.19. The number of allylic oxidation sites excluding steroid dienone is 2. The smallest absolute Gasteiger partial charge is 0.126 e. The van der Waals surface area contributed by atoms with Crippen LogP contribution in [0, 0.1) is 23.7 Å². The van der Waals surface area contributed by atoms with Gasteiger partial charge in [0, 0.05) is 12.4 Å². The molecule has 4 heteroatoms. The van der Waals surface area contributed by atoms with Crippen LogP contribution in [0.1, 0.15) is 6.92 Å². The highest BCUT2D eigenvalue weighted by Crippen LogP contribution is 2.01. The lowest BCUT2D eigenvalue weighted by Gasteiger charge is -2.06. The van der Waals surface area contributed by atoms with Gasteiger partial charge in [-0.3, -0.25) is 0 Å². The first-order chi connectivity index (χ1) is 11.3. The number of nitrogens with one attached hydrogen (secondary N) is 2. The van der Waals surface area contributed by atoms with E-state index in [-0.39, 0.29) is 6.04 Å². The van der Waals surface area contributed by atoms with Crippen molar-refractivity contribution in [3.63, 3.8) is 0 Å². The number of rotatable bonds is 4. The molecule has 0 saturated carbocycles. The first-order valence-electron chi connectivity index (χ1n) is 7.31. The number of nitrogens with zero attached hydrogens (tertiary/aromatic N) is 2. The molecule has 0 aliphatic rings. The van der Waals surface area contributed by atoms with Crippen LogP contribution in [0.4, 0.5) is 11.6 Å². The zero-order valence-corrected chi connectivity index (χ0v) is 13.0. The third kappa shape index (κ3) is 6.84. The standard InChI is InChI=1S/C19H18N4/c1-17(23-19-13-7-10-16-22-19)11-5-3-2-4-8-14-20-18-12-6-9-15-21-18/h2-3,6-7,9-10,12-13,15-17H,14H2,1H3,(H,20,21)(H,22,23). The minimum Gasteiger partial charge on any atom is -0.359 e. The highest BCUT2D eigenvalue weighted by molar-refractivity contribution is 5.38. The van der Waals surface area contributed by atoms with Gasteiger partial charge >= 0.3 is 0 Å². The van der Waals surface area contributed by atoms with Gasteiger partial charge < -0.3 is 10.6 Å². The average Bonchev–Trinajstić information content (AvgIpc) is 2.59. The molecule has 0 aliphatic heterocycles. The Morgan fingerprint density at radius 3 is 2.39 bits per heavy atom. The first kappa shape index (κ1) is 16.1. The van der Waals surface area contributed by atoms with Gasteiger partial charge in [-0.1, -0.05) is 35.8 Å². The van der Waals surface area contributed by atoms with Crippen molar-refractivity contribution in [1.29, 1.82) is 0 Å². The summed E-state index contributed by atoms with van der Waals surface area (Å²) in [6, 6.07) is 11.5. The Kier molecular flexibility index (Phi) is 6.77. The number of aromatic nitrogens is 2. The fourth-order valence-corrected chi connectivity index (χ4v) is 1.67. The van der Waals surface area contributed by atoms with Gasteiger partial charge in [0.25, 0.3) is 0 Å². The molecule has 2 aromatic rings. The number of pyridine rings is 2. The molecule has 2 rings (SSSR count). The largest absolute Gasteiger partial charge is 0.359 e. The molecule has 0 saturated heterocycles. The SMILES string of the molecule is CC(C#CC=CC#CCNc1ccccn1)Nc1ccccn1. The lowest BCUT2D eigenvalue weighted by molar-refractivity contribution is 1.01. The second-order valence-electron chi connectivity index (χ2n) is 4.59. The lowest BCUT2D eigenvalue weighted by atomic mass is 10.3. The molecule has 1 atom stereocenters. The quantitative estimate of drug-likeness (QED) is 0.853. The zero-order chi connectivity index (χ0) is 16.2. The van der Waals surface area contributed by atoms with Crippen molar-refractivity contribution in [3.8, 4) is 23.7 Å². The van der Waals surface area contributed by atoms with Gasteiger partial charge in [-0.15, -0.1) is 0 Å². The molecule has 0 aliphatic carbocycles. The summed E-state index contributed by atoms with van der Waals surface area (Å²) < 4.78 is 0. The molecule has 2 aromatic heterocycles. The third-order valence-electron chi connectivity index (χ3n) is 2.70. The molecule has 0 spiro atoms. The summed E-state index contributed by atoms with van der Waals surface area (Å²) in [5.41, 5.74) is 0. The van der Waals surface area contributed by atoms with Crippen LogP contribution in [-0.2, 0) is 0 Å². The molecule has 0 radical (unpaired) electrons. The molecule has 4 nitrogen and oxygen atoms in total. The maximum Gasteiger partial charge on any atom is 0.126 e. The average molecular weight is 302 g/mol. The van der Waals surface area contributed by atoms with Gasteiger partial charge in [0.1, 0.15) is 11.6 Å². The molecule has 114 valence electrons. The normalized spacial score (nSPS) is 10.8. The predicted molar refractivity (Wildman–Crippen MR) is 94.7 cm³/mol. The Hall–Kier alpha value is -3.24. The number of anilines is 2. The van der Waals surface area contributed by atoms with Crippen molar-refractivity contribution < 1.29 is 0 Å². The second-order valence-corrected chi connectivity index (χ2v) is 4.59. The predicted octanol–water partition coefficient (Wildman–Crippen LogP) is 2.95. The first-order valence-corrected chi connectivity index (χ1v) is 7.31. The summed E-state index contributed by atoms with van der Waals surface area (Å²) in [6.45, 7) is 2.53. The molecular weight excluding hydrogens is 284 g/mol. The molecule has 0 amide bonds. The molecule has 2 heterocycles.